The molecule has 1 aromatic carbocycles. The number of hydrogen-bond acceptors (Lipinski definition) is 5. The fourth-order valence-electron chi connectivity index (χ4n) is 1.85. The number of rotatable bonds is 5. The lowest BCUT2D eigenvalue weighted by Gasteiger charge is -2.06. The summed E-state index contributed by atoms with van der Waals surface area (Å²) in [7, 11) is 1.53. The van der Waals surface area contributed by atoms with E-state index >= 15 is 0 Å². The fourth-order valence-corrected chi connectivity index (χ4v) is 1.85. The maximum absolute atomic E-state index is 11.4. The second-order valence-electron chi connectivity index (χ2n) is 4.12. The Morgan fingerprint density at radius 2 is 2.25 bits per heavy atom. The second kappa shape index (κ2) is 6.10. The minimum atomic E-state index is -0.333. The number of ether oxygens (including phenoxy) is 2. The van der Waals surface area contributed by atoms with Crippen LogP contribution in [0.25, 0.3) is 11.1 Å². The van der Waals surface area contributed by atoms with Crippen molar-refractivity contribution >= 4 is 5.97 Å². The number of benzene rings is 1. The summed E-state index contributed by atoms with van der Waals surface area (Å²) < 4.78 is 11.6. The molecule has 0 aliphatic rings. The molecule has 1 N–H and O–H groups in total. The van der Waals surface area contributed by atoms with E-state index in [9.17, 15) is 9.90 Å². The van der Waals surface area contributed by atoms with Crippen molar-refractivity contribution in [2.24, 2.45) is 0 Å². The number of phenolic OH excluding ortho intramolecular Hbond substituents is 1. The Morgan fingerprint density at radius 3 is 2.95 bits per heavy atom. The van der Waals surface area contributed by atoms with Crippen LogP contribution in [-0.2, 0) is 16.1 Å². The van der Waals surface area contributed by atoms with E-state index in [-0.39, 0.29) is 18.3 Å². The molecule has 20 heavy (non-hydrogen) atoms. The first-order chi connectivity index (χ1) is 9.63. The van der Waals surface area contributed by atoms with Gasteiger partial charge in [-0.3, -0.25) is 9.48 Å². The van der Waals surface area contributed by atoms with Crippen LogP contribution < -0.4 is 4.74 Å². The molecule has 0 spiro atoms. The molecule has 0 bridgehead atoms. The van der Waals surface area contributed by atoms with E-state index in [0.29, 0.717) is 12.4 Å². The Hall–Kier alpha value is -2.50. The van der Waals surface area contributed by atoms with Crippen molar-refractivity contribution in [2.45, 2.75) is 13.5 Å². The molecule has 0 saturated heterocycles. The minimum Gasteiger partial charge on any atom is -0.508 e. The van der Waals surface area contributed by atoms with Crippen LogP contribution in [0.5, 0.6) is 11.5 Å². The zero-order valence-electron chi connectivity index (χ0n) is 11.4. The van der Waals surface area contributed by atoms with E-state index in [1.807, 2.05) is 0 Å². The summed E-state index contributed by atoms with van der Waals surface area (Å²) >= 11 is 0. The van der Waals surface area contributed by atoms with Crippen molar-refractivity contribution in [2.75, 3.05) is 13.7 Å². The Labute approximate surface area is 116 Å². The van der Waals surface area contributed by atoms with Gasteiger partial charge in [0.15, 0.2) is 0 Å². The summed E-state index contributed by atoms with van der Waals surface area (Å²) in [5, 5.41) is 13.5. The van der Waals surface area contributed by atoms with Gasteiger partial charge in [0.25, 0.3) is 0 Å². The first kappa shape index (κ1) is 13.9. The van der Waals surface area contributed by atoms with Gasteiger partial charge in [-0.1, -0.05) is 0 Å². The van der Waals surface area contributed by atoms with Crippen molar-refractivity contribution < 1.29 is 19.4 Å². The molecule has 0 atom stereocenters. The van der Waals surface area contributed by atoms with Gasteiger partial charge in [-0.15, -0.1) is 0 Å². The number of carbonyl (C=O) groups excluding carboxylic acids is 1. The average molecular weight is 276 g/mol. The van der Waals surface area contributed by atoms with Gasteiger partial charge in [0, 0.05) is 23.4 Å². The lowest BCUT2D eigenvalue weighted by Crippen LogP contribution is -2.13. The molecule has 6 heteroatoms. The normalized spacial score (nSPS) is 10.3. The van der Waals surface area contributed by atoms with Gasteiger partial charge in [0.1, 0.15) is 18.0 Å². The van der Waals surface area contributed by atoms with E-state index in [1.165, 1.54) is 17.9 Å². The van der Waals surface area contributed by atoms with Crippen LogP contribution in [0, 0.1) is 0 Å². The van der Waals surface area contributed by atoms with Crippen LogP contribution in [0.3, 0.4) is 0 Å². The SMILES string of the molecule is CCOC(=O)Cn1cc(-c2ccc(O)cc2OC)cn1. The van der Waals surface area contributed by atoms with E-state index in [0.717, 1.165) is 11.1 Å². The smallest absolute Gasteiger partial charge is 0.327 e. The zero-order chi connectivity index (χ0) is 14.5. The Kier molecular flexibility index (Phi) is 4.24. The summed E-state index contributed by atoms with van der Waals surface area (Å²) in [6.07, 6.45) is 3.36. The lowest BCUT2D eigenvalue weighted by atomic mass is 10.1. The van der Waals surface area contributed by atoms with E-state index in [2.05, 4.69) is 5.10 Å². The highest BCUT2D eigenvalue weighted by Gasteiger charge is 2.11. The summed E-state index contributed by atoms with van der Waals surface area (Å²) in [6, 6.07) is 4.83. The molecule has 0 aliphatic heterocycles. The van der Waals surface area contributed by atoms with Gasteiger partial charge in [-0.2, -0.15) is 5.10 Å². The largest absolute Gasteiger partial charge is 0.508 e. The van der Waals surface area contributed by atoms with Gasteiger partial charge in [0.05, 0.1) is 19.9 Å². The standard InChI is InChI=1S/C14H16N2O4/c1-3-20-14(18)9-16-8-10(7-15-16)12-5-4-11(17)6-13(12)19-2/h4-8,17H,3,9H2,1-2H3. The van der Waals surface area contributed by atoms with Crippen molar-refractivity contribution in [1.82, 2.24) is 9.78 Å². The Morgan fingerprint density at radius 1 is 1.45 bits per heavy atom. The molecule has 0 radical (unpaired) electrons. The number of phenols is 1. The van der Waals surface area contributed by atoms with Crippen LogP contribution in [-0.4, -0.2) is 34.6 Å². The topological polar surface area (TPSA) is 73.6 Å². The van der Waals surface area contributed by atoms with Gasteiger partial charge in [-0.05, 0) is 19.1 Å². The fraction of sp³-hybridized carbons (Fsp3) is 0.286. The van der Waals surface area contributed by atoms with Gasteiger partial charge in [-0.25, -0.2) is 0 Å². The molecule has 0 unspecified atom stereocenters. The van der Waals surface area contributed by atoms with Gasteiger partial charge < -0.3 is 14.6 Å². The first-order valence-corrected chi connectivity index (χ1v) is 6.19. The van der Waals surface area contributed by atoms with Crippen molar-refractivity contribution in [3.63, 3.8) is 0 Å². The predicted octanol–water partition coefficient (Wildman–Crippen LogP) is 1.83. The van der Waals surface area contributed by atoms with Crippen LogP contribution >= 0.6 is 0 Å². The molecular weight excluding hydrogens is 260 g/mol. The molecule has 1 aromatic heterocycles. The van der Waals surface area contributed by atoms with Crippen molar-refractivity contribution in [1.29, 1.82) is 0 Å². The number of hydrogen-bond donors (Lipinski definition) is 1. The molecule has 2 aromatic rings. The quantitative estimate of drug-likeness (QED) is 0.843. The Balaban J connectivity index is 2.22. The van der Waals surface area contributed by atoms with Crippen molar-refractivity contribution in [3.05, 3.63) is 30.6 Å². The highest BCUT2D eigenvalue weighted by atomic mass is 16.5. The lowest BCUT2D eigenvalue weighted by molar-refractivity contribution is -0.144. The summed E-state index contributed by atoms with van der Waals surface area (Å²) in [5.41, 5.74) is 1.59. The van der Waals surface area contributed by atoms with E-state index < -0.39 is 0 Å². The molecule has 0 amide bonds. The molecule has 1 heterocycles. The highest BCUT2D eigenvalue weighted by molar-refractivity contribution is 5.72. The summed E-state index contributed by atoms with van der Waals surface area (Å²) in [6.45, 7) is 2.17. The number of nitrogens with zero attached hydrogens (tertiary/aromatic N) is 2. The monoisotopic (exact) mass is 276 g/mol. The average Bonchev–Trinajstić information content (AvgIpc) is 2.87. The van der Waals surface area contributed by atoms with E-state index in [4.69, 9.17) is 9.47 Å². The first-order valence-electron chi connectivity index (χ1n) is 6.19. The number of aromatic nitrogens is 2. The number of carbonyl (C=O) groups is 1. The summed E-state index contributed by atoms with van der Waals surface area (Å²) in [4.78, 5) is 11.4. The molecule has 6 nitrogen and oxygen atoms in total. The van der Waals surface area contributed by atoms with E-state index in [1.54, 1.807) is 31.5 Å². The maximum Gasteiger partial charge on any atom is 0.327 e. The van der Waals surface area contributed by atoms with Crippen LogP contribution in [0.15, 0.2) is 30.6 Å². The maximum atomic E-state index is 11.4. The molecule has 2 rings (SSSR count). The number of esters is 1. The van der Waals surface area contributed by atoms with Gasteiger partial charge >= 0.3 is 5.97 Å². The third kappa shape index (κ3) is 3.09. The second-order valence-corrected chi connectivity index (χ2v) is 4.12. The third-order valence-corrected chi connectivity index (χ3v) is 2.73. The number of methoxy groups -OCH3 is 1. The van der Waals surface area contributed by atoms with Crippen LogP contribution in [0.2, 0.25) is 0 Å². The molecule has 0 saturated carbocycles. The van der Waals surface area contributed by atoms with Crippen LogP contribution in [0.1, 0.15) is 6.92 Å². The molecule has 106 valence electrons. The molecule has 0 aliphatic carbocycles. The summed E-state index contributed by atoms with van der Waals surface area (Å²) in [5.74, 6) is 0.338. The predicted molar refractivity (Wildman–Crippen MR) is 72.5 cm³/mol. The molecule has 0 fully saturated rings. The molecular formula is C14H16N2O4. The highest BCUT2D eigenvalue weighted by Crippen LogP contribution is 2.32. The zero-order valence-corrected chi connectivity index (χ0v) is 11.4. The third-order valence-electron chi connectivity index (χ3n) is 2.73. The Bertz CT molecular complexity index is 607. The van der Waals surface area contributed by atoms with Gasteiger partial charge in [0.2, 0.25) is 0 Å². The van der Waals surface area contributed by atoms with Crippen LogP contribution in [0.4, 0.5) is 0 Å². The van der Waals surface area contributed by atoms with Crippen molar-refractivity contribution in [3.8, 4) is 22.6 Å². The minimum absolute atomic E-state index is 0.0637. The number of aromatic hydroxyl groups is 1.